The molecule has 2 unspecified atom stereocenters. The van der Waals surface area contributed by atoms with Gasteiger partial charge in [-0.05, 0) is 86.6 Å². The smallest absolute Gasteiger partial charge is 0.351 e. The number of carbonyl (C=O) groups is 4. The van der Waals surface area contributed by atoms with E-state index in [1.54, 1.807) is 6.07 Å². The first-order valence-electron chi connectivity index (χ1n) is 21.7. The van der Waals surface area contributed by atoms with Gasteiger partial charge in [-0.3, -0.25) is 39.1 Å². The Hall–Kier alpha value is -5.28. The van der Waals surface area contributed by atoms with Crippen LogP contribution in [0.5, 0.6) is 0 Å². The minimum Gasteiger partial charge on any atom is -0.351 e. The Morgan fingerprint density at radius 1 is 0.823 bits per heavy atom. The number of hydrogen-bond acceptors (Lipinski definition) is 7. The van der Waals surface area contributed by atoms with E-state index < -0.39 is 40.1 Å². The van der Waals surface area contributed by atoms with E-state index in [0.29, 0.717) is 12.8 Å². The molecule has 6 rings (SSSR count). The number of anilines is 2. The quantitative estimate of drug-likeness (QED) is 0.138. The standard InChI is InChI=1S/C23H27F3N2O2.C22H25N3O4S.C2H6/c1-2-20(29)28(19-13-11-17(12-14-19)23(24,25)26)22(15-7-4-8-16-22)21(30)27-18-9-5-3-6-10-18;1-3-20(26)24(17-10-7-11-18(13-17)25(28)29)21(19-12-15(2)14-30-19)22(27)23-16-8-5-4-6-9-16;1-2/h1,11-14,18H,3-10,15-16H2,(H,27,30);1,7,10-13,15-16,21H,4-6,8-9,14H2,2H3,(H,23,27);1-2H3. The summed E-state index contributed by atoms with van der Waals surface area (Å²) in [6, 6.07) is 9.11. The molecule has 3 fully saturated rings. The van der Waals surface area contributed by atoms with E-state index in [0.717, 1.165) is 106 Å². The molecule has 2 aromatic carbocycles. The number of halogens is 3. The number of thioether (sulfide) groups is 1. The van der Waals surface area contributed by atoms with Gasteiger partial charge in [-0.15, -0.1) is 24.6 Å². The first-order valence-corrected chi connectivity index (χ1v) is 22.6. The monoisotopic (exact) mass is 877 g/mol. The van der Waals surface area contributed by atoms with E-state index >= 15 is 0 Å². The highest BCUT2D eigenvalue weighted by molar-refractivity contribution is 8.03. The van der Waals surface area contributed by atoms with Crippen LogP contribution in [0.4, 0.5) is 30.2 Å². The van der Waals surface area contributed by atoms with Crippen LogP contribution in [0.3, 0.4) is 0 Å². The third kappa shape index (κ3) is 12.7. The van der Waals surface area contributed by atoms with Crippen molar-refractivity contribution < 1.29 is 37.3 Å². The molecule has 0 saturated heterocycles. The average Bonchev–Trinajstić information content (AvgIpc) is 3.72. The molecule has 1 heterocycles. The number of nitro groups is 1. The summed E-state index contributed by atoms with van der Waals surface area (Å²) in [5, 5.41) is 17.4. The van der Waals surface area contributed by atoms with E-state index in [-0.39, 0.29) is 46.9 Å². The minimum atomic E-state index is -4.49. The lowest BCUT2D eigenvalue weighted by molar-refractivity contribution is -0.384. The number of terminal acetylenes is 2. The molecule has 3 saturated carbocycles. The molecule has 2 aromatic rings. The van der Waals surface area contributed by atoms with E-state index in [9.17, 15) is 42.5 Å². The van der Waals surface area contributed by atoms with Crippen LogP contribution in [0.25, 0.3) is 0 Å². The molecule has 11 nitrogen and oxygen atoms in total. The molecular formula is C47H58F3N5O6S. The van der Waals surface area contributed by atoms with Crippen molar-refractivity contribution in [3.05, 3.63) is 75.2 Å². The van der Waals surface area contributed by atoms with Crippen LogP contribution in [0.1, 0.15) is 123 Å². The molecule has 62 heavy (non-hydrogen) atoms. The molecule has 1 aliphatic heterocycles. The van der Waals surface area contributed by atoms with Crippen LogP contribution >= 0.6 is 11.8 Å². The summed E-state index contributed by atoms with van der Waals surface area (Å²) in [5.74, 6) is 3.24. The van der Waals surface area contributed by atoms with Crippen LogP contribution in [-0.4, -0.2) is 58.0 Å². The summed E-state index contributed by atoms with van der Waals surface area (Å²) in [7, 11) is 0. The van der Waals surface area contributed by atoms with Crippen molar-refractivity contribution in [3.8, 4) is 24.7 Å². The Labute approximate surface area is 367 Å². The lowest BCUT2D eigenvalue weighted by atomic mass is 9.78. The number of nitro benzene ring substituents is 1. The number of nitrogens with one attached hydrogen (secondary N) is 2. The van der Waals surface area contributed by atoms with Crippen molar-refractivity contribution in [2.45, 2.75) is 147 Å². The zero-order valence-corrected chi connectivity index (χ0v) is 36.6. The maximum absolute atomic E-state index is 13.5. The predicted octanol–water partition coefficient (Wildman–Crippen LogP) is 9.49. The van der Waals surface area contributed by atoms with Crippen molar-refractivity contribution in [3.63, 3.8) is 0 Å². The first kappa shape index (κ1) is 49.4. The second-order valence-electron chi connectivity index (χ2n) is 15.9. The molecule has 4 amide bonds. The van der Waals surface area contributed by atoms with Crippen molar-refractivity contribution >= 4 is 52.5 Å². The Balaban J connectivity index is 0.000000262. The molecule has 3 aliphatic carbocycles. The van der Waals surface area contributed by atoms with E-state index in [2.05, 4.69) is 22.5 Å². The summed E-state index contributed by atoms with van der Waals surface area (Å²) in [4.78, 5) is 66.4. The molecule has 15 heteroatoms. The largest absolute Gasteiger partial charge is 0.416 e. The zero-order chi connectivity index (χ0) is 45.5. The fraction of sp³-hybridized carbons (Fsp3) is 0.532. The lowest BCUT2D eigenvalue weighted by Crippen LogP contribution is -2.63. The van der Waals surface area contributed by atoms with Gasteiger partial charge in [0.15, 0.2) is 0 Å². The van der Waals surface area contributed by atoms with Crippen molar-refractivity contribution in [2.75, 3.05) is 15.6 Å². The van der Waals surface area contributed by atoms with Crippen LogP contribution in [0.2, 0.25) is 0 Å². The maximum atomic E-state index is 13.5. The minimum absolute atomic E-state index is 0.0560. The molecule has 4 aliphatic rings. The number of non-ortho nitro benzene ring substituents is 1. The van der Waals surface area contributed by atoms with E-state index in [1.807, 2.05) is 26.8 Å². The number of nitrogens with zero attached hydrogens (tertiary/aromatic N) is 3. The first-order chi connectivity index (χ1) is 29.7. The van der Waals surface area contributed by atoms with Gasteiger partial charge in [0.05, 0.1) is 16.2 Å². The molecular weight excluding hydrogens is 820 g/mol. The number of hydrogen-bond donors (Lipinski definition) is 2. The van der Waals surface area contributed by atoms with Gasteiger partial charge in [0.1, 0.15) is 11.6 Å². The van der Waals surface area contributed by atoms with Crippen LogP contribution in [0.15, 0.2) is 59.5 Å². The Kier molecular flexibility index (Phi) is 18.5. The molecule has 2 atom stereocenters. The van der Waals surface area contributed by atoms with Gasteiger partial charge in [0.2, 0.25) is 11.8 Å². The summed E-state index contributed by atoms with van der Waals surface area (Å²) in [6.45, 7) is 6.04. The third-order valence-electron chi connectivity index (χ3n) is 11.6. The molecule has 0 bridgehead atoms. The van der Waals surface area contributed by atoms with Crippen molar-refractivity contribution in [2.24, 2.45) is 5.92 Å². The molecule has 0 radical (unpaired) electrons. The Morgan fingerprint density at radius 2 is 1.37 bits per heavy atom. The van der Waals surface area contributed by atoms with Crippen LogP contribution in [0, 0.1) is 40.7 Å². The highest BCUT2D eigenvalue weighted by Gasteiger charge is 2.48. The fourth-order valence-electron chi connectivity index (χ4n) is 8.56. The van der Waals surface area contributed by atoms with Gasteiger partial charge >= 0.3 is 18.0 Å². The molecule has 0 spiro atoms. The molecule has 2 N–H and O–H groups in total. The number of carbonyl (C=O) groups excluding carboxylic acids is 4. The van der Waals surface area contributed by atoms with Crippen molar-refractivity contribution in [1.82, 2.24) is 10.6 Å². The SMILES string of the molecule is C#CC(=O)N(c1ccc(C(F)(F)F)cc1)C1(C(=O)NC2CCCCC2)CCCCC1.C#CC(=O)N(c1cccc([N+](=O)[O-])c1)C(C(=O)NC1CCCCC1)C1=CC(C)CS1.CC. The van der Waals surface area contributed by atoms with Gasteiger partial charge in [-0.2, -0.15) is 13.2 Å². The highest BCUT2D eigenvalue weighted by Crippen LogP contribution is 2.40. The maximum Gasteiger partial charge on any atom is 0.416 e. The lowest BCUT2D eigenvalue weighted by Gasteiger charge is -2.45. The van der Waals surface area contributed by atoms with Gasteiger partial charge in [0, 0.05) is 40.6 Å². The number of alkyl halides is 3. The number of allylic oxidation sites excluding steroid dienone is 1. The fourth-order valence-corrected chi connectivity index (χ4v) is 9.81. The topological polar surface area (TPSA) is 142 Å². The highest BCUT2D eigenvalue weighted by atomic mass is 32.2. The van der Waals surface area contributed by atoms with Gasteiger partial charge in [0.25, 0.3) is 5.69 Å². The molecule has 0 aromatic heterocycles. The van der Waals surface area contributed by atoms with Gasteiger partial charge in [-0.1, -0.05) is 90.7 Å². The van der Waals surface area contributed by atoms with E-state index in [1.165, 1.54) is 51.9 Å². The summed E-state index contributed by atoms with van der Waals surface area (Å²) in [5.41, 5.74) is -1.72. The summed E-state index contributed by atoms with van der Waals surface area (Å²) >= 11 is 1.51. The second-order valence-corrected chi connectivity index (χ2v) is 17.0. The average molecular weight is 878 g/mol. The third-order valence-corrected chi connectivity index (χ3v) is 13.0. The van der Waals surface area contributed by atoms with Gasteiger partial charge < -0.3 is 10.6 Å². The molecule has 334 valence electrons. The Morgan fingerprint density at radius 3 is 1.87 bits per heavy atom. The van der Waals surface area contributed by atoms with Crippen molar-refractivity contribution in [1.29, 1.82) is 0 Å². The summed E-state index contributed by atoms with van der Waals surface area (Å²) in [6.07, 6.45) is 21.7. The number of amides is 4. The normalized spacial score (nSPS) is 19.2. The predicted molar refractivity (Wildman–Crippen MR) is 238 cm³/mol. The van der Waals surface area contributed by atoms with E-state index in [4.69, 9.17) is 12.8 Å². The zero-order valence-electron chi connectivity index (χ0n) is 35.8. The van der Waals surface area contributed by atoms with Gasteiger partial charge in [-0.25, -0.2) is 0 Å². The number of rotatable bonds is 10. The summed E-state index contributed by atoms with van der Waals surface area (Å²) < 4.78 is 39.0. The van der Waals surface area contributed by atoms with Crippen LogP contribution < -0.4 is 20.4 Å². The Bertz CT molecular complexity index is 1990. The van der Waals surface area contributed by atoms with Crippen LogP contribution in [-0.2, 0) is 25.4 Å². The second kappa shape index (κ2) is 23.2. The number of benzene rings is 2.